The highest BCUT2D eigenvalue weighted by molar-refractivity contribution is 5.86. The molecule has 1 rings (SSSR count). The molecule has 0 amide bonds. The molecule has 1 aliphatic carbocycles. The molecular formula is C20H36O3. The highest BCUT2D eigenvalue weighted by atomic mass is 16.4. The number of ketones is 1. The highest BCUT2D eigenvalue weighted by Gasteiger charge is 2.36. The molecule has 1 aliphatic rings. The van der Waals surface area contributed by atoms with E-state index >= 15 is 0 Å². The van der Waals surface area contributed by atoms with Gasteiger partial charge in [0, 0.05) is 11.3 Å². The second-order valence-corrected chi connectivity index (χ2v) is 8.27. The number of carbonyl (C=O) groups excluding carboxylic acids is 1. The zero-order chi connectivity index (χ0) is 17.6. The van der Waals surface area contributed by atoms with Crippen molar-refractivity contribution in [3.8, 4) is 0 Å². The number of aliphatic carboxylic acids is 1. The third-order valence-corrected chi connectivity index (χ3v) is 5.93. The summed E-state index contributed by atoms with van der Waals surface area (Å²) < 4.78 is 0. The predicted octanol–water partition coefficient (Wildman–Crippen LogP) is 5.33. The van der Waals surface area contributed by atoms with Crippen LogP contribution in [0.4, 0.5) is 0 Å². The maximum atomic E-state index is 12.9. The minimum absolute atomic E-state index is 0.151. The van der Waals surface area contributed by atoms with E-state index in [1.54, 1.807) is 0 Å². The predicted molar refractivity (Wildman–Crippen MR) is 94.3 cm³/mol. The van der Waals surface area contributed by atoms with Crippen LogP contribution in [0, 0.1) is 29.1 Å². The van der Waals surface area contributed by atoms with E-state index in [1.165, 1.54) is 0 Å². The first kappa shape index (κ1) is 20.2. The second kappa shape index (κ2) is 8.84. The molecule has 0 aromatic heterocycles. The summed E-state index contributed by atoms with van der Waals surface area (Å²) in [5.74, 6) is 0.892. The second-order valence-electron chi connectivity index (χ2n) is 8.27. The quantitative estimate of drug-likeness (QED) is 0.624. The van der Waals surface area contributed by atoms with Crippen LogP contribution in [0.3, 0.4) is 0 Å². The van der Waals surface area contributed by atoms with Crippen molar-refractivity contribution >= 4 is 11.8 Å². The van der Waals surface area contributed by atoms with Gasteiger partial charge < -0.3 is 5.11 Å². The summed E-state index contributed by atoms with van der Waals surface area (Å²) in [6.45, 7) is 10.7. The number of hydrogen-bond acceptors (Lipinski definition) is 2. The Morgan fingerprint density at radius 1 is 1.13 bits per heavy atom. The van der Waals surface area contributed by atoms with Gasteiger partial charge in [0.1, 0.15) is 5.78 Å². The monoisotopic (exact) mass is 324 g/mol. The van der Waals surface area contributed by atoms with E-state index in [0.717, 1.165) is 51.4 Å². The molecular weight excluding hydrogens is 288 g/mol. The van der Waals surface area contributed by atoms with Gasteiger partial charge in [0.2, 0.25) is 0 Å². The van der Waals surface area contributed by atoms with Crippen LogP contribution in [0.5, 0.6) is 0 Å². The van der Waals surface area contributed by atoms with Crippen LogP contribution in [-0.4, -0.2) is 16.9 Å². The Morgan fingerprint density at radius 3 is 2.13 bits per heavy atom. The molecule has 134 valence electrons. The molecule has 1 N–H and O–H groups in total. The molecule has 0 aromatic carbocycles. The molecule has 0 radical (unpaired) electrons. The molecule has 23 heavy (non-hydrogen) atoms. The first-order valence-electron chi connectivity index (χ1n) is 9.50. The van der Waals surface area contributed by atoms with Crippen molar-refractivity contribution in [1.82, 2.24) is 0 Å². The average molecular weight is 325 g/mol. The van der Waals surface area contributed by atoms with Gasteiger partial charge in [-0.15, -0.1) is 0 Å². The lowest BCUT2D eigenvalue weighted by molar-refractivity contribution is -0.143. The Balaban J connectivity index is 2.59. The molecule has 2 atom stereocenters. The van der Waals surface area contributed by atoms with Gasteiger partial charge in [0.25, 0.3) is 0 Å². The van der Waals surface area contributed by atoms with E-state index in [-0.39, 0.29) is 17.3 Å². The molecule has 2 unspecified atom stereocenters. The lowest BCUT2D eigenvalue weighted by atomic mass is 9.68. The SMILES string of the molecule is CCCC(CC)C(=O)C(C)(C)CC(C)C1CCC(C(=O)O)CC1. The highest BCUT2D eigenvalue weighted by Crippen LogP contribution is 2.40. The van der Waals surface area contributed by atoms with Crippen molar-refractivity contribution in [2.45, 2.75) is 86.0 Å². The van der Waals surface area contributed by atoms with Crippen LogP contribution in [0.1, 0.15) is 86.0 Å². The molecule has 0 aliphatic heterocycles. The van der Waals surface area contributed by atoms with E-state index in [1.807, 2.05) is 0 Å². The van der Waals surface area contributed by atoms with Crippen molar-refractivity contribution in [2.24, 2.45) is 29.1 Å². The number of Topliss-reactive ketones (excluding diaryl/α,β-unsaturated/α-hetero) is 1. The van der Waals surface area contributed by atoms with Crippen LogP contribution in [0.2, 0.25) is 0 Å². The number of carboxylic acid groups (broad SMARTS) is 1. The molecule has 3 heteroatoms. The Bertz CT molecular complexity index is 392. The van der Waals surface area contributed by atoms with Gasteiger partial charge in [0.15, 0.2) is 0 Å². The van der Waals surface area contributed by atoms with Crippen LogP contribution in [0.25, 0.3) is 0 Å². The number of rotatable bonds is 9. The zero-order valence-corrected chi connectivity index (χ0v) is 15.7. The van der Waals surface area contributed by atoms with E-state index in [4.69, 9.17) is 5.11 Å². The topological polar surface area (TPSA) is 54.4 Å². The van der Waals surface area contributed by atoms with E-state index in [9.17, 15) is 9.59 Å². The third-order valence-electron chi connectivity index (χ3n) is 5.93. The van der Waals surface area contributed by atoms with Gasteiger partial charge in [-0.2, -0.15) is 0 Å². The maximum absolute atomic E-state index is 12.9. The zero-order valence-electron chi connectivity index (χ0n) is 15.7. The van der Waals surface area contributed by atoms with Gasteiger partial charge in [-0.1, -0.05) is 41.0 Å². The molecule has 0 bridgehead atoms. The smallest absolute Gasteiger partial charge is 0.306 e. The van der Waals surface area contributed by atoms with Crippen molar-refractivity contribution in [3.63, 3.8) is 0 Å². The summed E-state index contributed by atoms with van der Waals surface area (Å²) in [4.78, 5) is 23.9. The molecule has 0 heterocycles. The fourth-order valence-corrected chi connectivity index (χ4v) is 4.43. The Labute approximate surface area is 142 Å². The van der Waals surface area contributed by atoms with Crippen LogP contribution >= 0.6 is 0 Å². The van der Waals surface area contributed by atoms with Crippen LogP contribution in [0.15, 0.2) is 0 Å². The summed E-state index contributed by atoms with van der Waals surface area (Å²) in [6.07, 6.45) is 7.51. The molecule has 1 saturated carbocycles. The van der Waals surface area contributed by atoms with E-state index in [2.05, 4.69) is 34.6 Å². The molecule has 3 nitrogen and oxygen atoms in total. The van der Waals surface area contributed by atoms with Gasteiger partial charge >= 0.3 is 5.97 Å². The van der Waals surface area contributed by atoms with Crippen molar-refractivity contribution in [1.29, 1.82) is 0 Å². The van der Waals surface area contributed by atoms with Crippen molar-refractivity contribution in [3.05, 3.63) is 0 Å². The lowest BCUT2D eigenvalue weighted by Crippen LogP contribution is -2.34. The fraction of sp³-hybridized carbons (Fsp3) is 0.900. The largest absolute Gasteiger partial charge is 0.481 e. The van der Waals surface area contributed by atoms with Crippen molar-refractivity contribution < 1.29 is 14.7 Å². The van der Waals surface area contributed by atoms with Crippen LogP contribution in [-0.2, 0) is 9.59 Å². The summed E-state index contributed by atoms with van der Waals surface area (Å²) >= 11 is 0. The van der Waals surface area contributed by atoms with Gasteiger partial charge in [-0.3, -0.25) is 9.59 Å². The molecule has 0 aromatic rings. The summed E-state index contributed by atoms with van der Waals surface area (Å²) in [5.41, 5.74) is -0.265. The summed E-state index contributed by atoms with van der Waals surface area (Å²) in [7, 11) is 0. The van der Waals surface area contributed by atoms with Gasteiger partial charge in [-0.25, -0.2) is 0 Å². The Hall–Kier alpha value is -0.860. The number of carboxylic acids is 1. The lowest BCUT2D eigenvalue weighted by Gasteiger charge is -2.36. The fourth-order valence-electron chi connectivity index (χ4n) is 4.43. The average Bonchev–Trinajstić information content (AvgIpc) is 2.51. The summed E-state index contributed by atoms with van der Waals surface area (Å²) in [5, 5.41) is 9.12. The third kappa shape index (κ3) is 5.61. The minimum atomic E-state index is -0.642. The van der Waals surface area contributed by atoms with Crippen LogP contribution < -0.4 is 0 Å². The molecule has 0 saturated heterocycles. The molecule has 0 spiro atoms. The Morgan fingerprint density at radius 2 is 1.70 bits per heavy atom. The maximum Gasteiger partial charge on any atom is 0.306 e. The normalized spacial score (nSPS) is 24.9. The number of carbonyl (C=O) groups is 2. The van der Waals surface area contributed by atoms with Crippen molar-refractivity contribution in [2.75, 3.05) is 0 Å². The number of hydrogen-bond donors (Lipinski definition) is 1. The van der Waals surface area contributed by atoms with Gasteiger partial charge in [-0.05, 0) is 56.8 Å². The first-order valence-corrected chi connectivity index (χ1v) is 9.50. The van der Waals surface area contributed by atoms with Gasteiger partial charge in [0.05, 0.1) is 5.92 Å². The van der Waals surface area contributed by atoms with E-state index in [0.29, 0.717) is 17.6 Å². The molecule has 1 fully saturated rings. The standard InChI is InChI=1S/C20H36O3/c1-6-8-15(7-2)18(21)20(4,5)13-14(3)16-9-11-17(12-10-16)19(22)23/h14-17H,6-13H2,1-5H3,(H,22,23). The Kier molecular flexibility index (Phi) is 7.76. The summed E-state index contributed by atoms with van der Waals surface area (Å²) in [6, 6.07) is 0. The minimum Gasteiger partial charge on any atom is -0.481 e. The van der Waals surface area contributed by atoms with E-state index < -0.39 is 5.97 Å². The first-order chi connectivity index (χ1) is 10.7.